The number of aromatic nitrogens is 2. The fourth-order valence-electron chi connectivity index (χ4n) is 1.25. The quantitative estimate of drug-likeness (QED) is 0.947. The molecule has 0 saturated heterocycles. The Hall–Kier alpha value is -0.910. The van der Waals surface area contributed by atoms with Gasteiger partial charge in [0.2, 0.25) is 11.8 Å². The van der Waals surface area contributed by atoms with Crippen LogP contribution in [0.4, 0.5) is 0 Å². The molecule has 0 aliphatic carbocycles. The van der Waals surface area contributed by atoms with Crippen molar-refractivity contribution in [1.29, 1.82) is 0 Å². The first-order valence-corrected chi connectivity index (χ1v) is 5.80. The van der Waals surface area contributed by atoms with Gasteiger partial charge in [-0.1, -0.05) is 27.5 Å². The topological polar surface area (TPSA) is 51.0 Å². The van der Waals surface area contributed by atoms with Crippen LogP contribution in [-0.2, 0) is 6.54 Å². The van der Waals surface area contributed by atoms with Gasteiger partial charge in [0, 0.05) is 4.47 Å². The van der Waals surface area contributed by atoms with Gasteiger partial charge in [-0.15, -0.1) is 10.2 Å². The summed E-state index contributed by atoms with van der Waals surface area (Å²) in [5.41, 5.74) is 0.736. The third-order valence-electron chi connectivity index (χ3n) is 1.96. The van der Waals surface area contributed by atoms with Gasteiger partial charge in [0.15, 0.2) is 0 Å². The van der Waals surface area contributed by atoms with Crippen LogP contribution in [0.25, 0.3) is 11.5 Å². The zero-order valence-corrected chi connectivity index (χ0v) is 10.8. The smallest absolute Gasteiger partial charge is 0.249 e. The highest BCUT2D eigenvalue weighted by molar-refractivity contribution is 9.10. The van der Waals surface area contributed by atoms with Crippen molar-refractivity contribution in [2.45, 2.75) is 6.54 Å². The van der Waals surface area contributed by atoms with Crippen LogP contribution in [0.2, 0.25) is 5.02 Å². The number of halogens is 2. The Bertz CT molecular complexity index is 501. The fraction of sp³-hybridized carbons (Fsp3) is 0.200. The second kappa shape index (κ2) is 4.95. The highest BCUT2D eigenvalue weighted by atomic mass is 79.9. The summed E-state index contributed by atoms with van der Waals surface area (Å²) in [6, 6.07) is 5.51. The number of nitrogens with zero attached hydrogens (tertiary/aromatic N) is 2. The minimum absolute atomic E-state index is 0.433. The van der Waals surface area contributed by atoms with Gasteiger partial charge >= 0.3 is 0 Å². The Labute approximate surface area is 106 Å². The van der Waals surface area contributed by atoms with Crippen molar-refractivity contribution in [3.05, 3.63) is 33.6 Å². The molecule has 0 aliphatic heterocycles. The highest BCUT2D eigenvalue weighted by Gasteiger charge is 2.11. The lowest BCUT2D eigenvalue weighted by molar-refractivity contribution is 0.490. The van der Waals surface area contributed by atoms with Crippen molar-refractivity contribution in [3.63, 3.8) is 0 Å². The first-order chi connectivity index (χ1) is 7.70. The second-order valence-electron chi connectivity index (χ2n) is 3.16. The van der Waals surface area contributed by atoms with Gasteiger partial charge in [-0.2, -0.15) is 0 Å². The van der Waals surface area contributed by atoms with Crippen molar-refractivity contribution < 1.29 is 4.42 Å². The van der Waals surface area contributed by atoms with E-state index in [9.17, 15) is 0 Å². The van der Waals surface area contributed by atoms with E-state index in [0.29, 0.717) is 23.3 Å². The lowest BCUT2D eigenvalue weighted by atomic mass is 10.2. The third kappa shape index (κ3) is 2.42. The van der Waals surface area contributed by atoms with E-state index in [0.717, 1.165) is 10.0 Å². The Morgan fingerprint density at radius 2 is 2.25 bits per heavy atom. The summed E-state index contributed by atoms with van der Waals surface area (Å²) in [7, 11) is 1.82. The van der Waals surface area contributed by atoms with Crippen LogP contribution in [0.15, 0.2) is 27.1 Å². The molecule has 0 atom stereocenters. The maximum atomic E-state index is 6.08. The molecule has 2 rings (SSSR count). The van der Waals surface area contributed by atoms with Crippen molar-refractivity contribution in [2.24, 2.45) is 0 Å². The molecule has 6 heteroatoms. The normalized spacial score (nSPS) is 10.7. The van der Waals surface area contributed by atoms with Crippen molar-refractivity contribution in [1.82, 2.24) is 15.5 Å². The van der Waals surface area contributed by atoms with Gasteiger partial charge in [0.25, 0.3) is 0 Å². The Morgan fingerprint density at radius 1 is 1.44 bits per heavy atom. The molecule has 0 amide bonds. The zero-order valence-electron chi connectivity index (χ0n) is 8.50. The molecule has 0 aliphatic rings. The minimum Gasteiger partial charge on any atom is -0.419 e. The minimum atomic E-state index is 0.433. The molecule has 0 fully saturated rings. The molecule has 0 bridgehead atoms. The van der Waals surface area contributed by atoms with Crippen LogP contribution in [-0.4, -0.2) is 17.2 Å². The van der Waals surface area contributed by atoms with Crippen LogP contribution in [0.5, 0.6) is 0 Å². The van der Waals surface area contributed by atoms with Crippen LogP contribution in [0.1, 0.15) is 5.89 Å². The largest absolute Gasteiger partial charge is 0.419 e. The molecule has 1 aromatic heterocycles. The van der Waals surface area contributed by atoms with Crippen LogP contribution in [0, 0.1) is 0 Å². The Morgan fingerprint density at radius 3 is 2.94 bits per heavy atom. The molecule has 1 heterocycles. The highest BCUT2D eigenvalue weighted by Crippen LogP contribution is 2.29. The van der Waals surface area contributed by atoms with Gasteiger partial charge in [-0.05, 0) is 25.2 Å². The summed E-state index contributed by atoms with van der Waals surface area (Å²) in [6.45, 7) is 0.543. The molecule has 0 radical (unpaired) electrons. The van der Waals surface area contributed by atoms with Gasteiger partial charge in [0.1, 0.15) is 0 Å². The summed E-state index contributed by atoms with van der Waals surface area (Å²) in [5.74, 6) is 0.972. The number of benzene rings is 1. The first-order valence-electron chi connectivity index (χ1n) is 4.63. The third-order valence-corrected chi connectivity index (χ3v) is 2.76. The summed E-state index contributed by atoms with van der Waals surface area (Å²) in [6.07, 6.45) is 0. The lowest BCUT2D eigenvalue weighted by Gasteiger charge is -1.99. The van der Waals surface area contributed by atoms with E-state index in [1.165, 1.54) is 0 Å². The van der Waals surface area contributed by atoms with Crippen molar-refractivity contribution >= 4 is 27.5 Å². The number of nitrogens with one attached hydrogen (secondary N) is 1. The molecule has 84 valence electrons. The number of hydrogen-bond acceptors (Lipinski definition) is 4. The second-order valence-corrected chi connectivity index (χ2v) is 4.48. The van der Waals surface area contributed by atoms with Crippen LogP contribution >= 0.6 is 27.5 Å². The van der Waals surface area contributed by atoms with Gasteiger partial charge in [-0.25, -0.2) is 0 Å². The molecule has 2 aromatic rings. The van der Waals surface area contributed by atoms with E-state index in [-0.39, 0.29) is 0 Å². The fourth-order valence-corrected chi connectivity index (χ4v) is 2.00. The standard InChI is InChI=1S/C10H9BrClN3O/c1-13-5-9-14-15-10(16-9)7-3-2-6(11)4-8(7)12/h2-4,13H,5H2,1H3. The summed E-state index contributed by atoms with van der Waals surface area (Å²) in [5, 5.41) is 11.3. The molecule has 1 N–H and O–H groups in total. The number of hydrogen-bond donors (Lipinski definition) is 1. The molecular formula is C10H9BrClN3O. The van der Waals surface area contributed by atoms with Crippen molar-refractivity contribution in [2.75, 3.05) is 7.05 Å². The van der Waals surface area contributed by atoms with Crippen molar-refractivity contribution in [3.8, 4) is 11.5 Å². The molecular weight excluding hydrogens is 293 g/mol. The van der Waals surface area contributed by atoms with Gasteiger partial charge < -0.3 is 9.73 Å². The average Bonchev–Trinajstić information content (AvgIpc) is 2.67. The predicted octanol–water partition coefficient (Wildman–Crippen LogP) is 2.87. The van der Waals surface area contributed by atoms with E-state index < -0.39 is 0 Å². The maximum absolute atomic E-state index is 6.08. The first kappa shape index (κ1) is 11.6. The molecule has 0 saturated carbocycles. The summed E-state index contributed by atoms with van der Waals surface area (Å²) < 4.78 is 6.36. The van der Waals surface area contributed by atoms with Gasteiger partial charge in [0.05, 0.1) is 17.1 Å². The summed E-state index contributed by atoms with van der Waals surface area (Å²) >= 11 is 9.41. The monoisotopic (exact) mass is 301 g/mol. The molecule has 4 nitrogen and oxygen atoms in total. The predicted molar refractivity (Wildman–Crippen MR) is 65.2 cm³/mol. The Kier molecular flexibility index (Phi) is 3.58. The maximum Gasteiger partial charge on any atom is 0.249 e. The van der Waals surface area contributed by atoms with E-state index >= 15 is 0 Å². The molecule has 1 aromatic carbocycles. The Balaban J connectivity index is 2.35. The van der Waals surface area contributed by atoms with Crippen LogP contribution in [0.3, 0.4) is 0 Å². The van der Waals surface area contributed by atoms with Crippen LogP contribution < -0.4 is 5.32 Å². The molecule has 16 heavy (non-hydrogen) atoms. The van der Waals surface area contributed by atoms with E-state index in [1.807, 2.05) is 19.2 Å². The summed E-state index contributed by atoms with van der Waals surface area (Å²) in [4.78, 5) is 0. The molecule has 0 unspecified atom stereocenters. The SMILES string of the molecule is CNCc1nnc(-c2ccc(Br)cc2Cl)o1. The van der Waals surface area contributed by atoms with E-state index in [2.05, 4.69) is 31.4 Å². The molecule has 0 spiro atoms. The number of rotatable bonds is 3. The van der Waals surface area contributed by atoms with E-state index in [4.69, 9.17) is 16.0 Å². The zero-order chi connectivity index (χ0) is 11.5. The van der Waals surface area contributed by atoms with Gasteiger partial charge in [-0.3, -0.25) is 0 Å². The average molecular weight is 303 g/mol. The van der Waals surface area contributed by atoms with E-state index in [1.54, 1.807) is 6.07 Å². The lowest BCUT2D eigenvalue weighted by Crippen LogP contribution is -2.04.